The number of rotatable bonds is 10. The van der Waals surface area contributed by atoms with Crippen LogP contribution in [0.3, 0.4) is 0 Å². The van der Waals surface area contributed by atoms with Crippen molar-refractivity contribution in [2.45, 2.75) is 38.6 Å². The van der Waals surface area contributed by atoms with E-state index >= 15 is 0 Å². The van der Waals surface area contributed by atoms with Gasteiger partial charge in [-0.2, -0.15) is 0 Å². The average Bonchev–Trinajstić information content (AvgIpc) is 3.15. The van der Waals surface area contributed by atoms with Crippen LogP contribution in [-0.4, -0.2) is 26.4 Å². The smallest absolute Gasteiger partial charge is 0.234 e. The van der Waals surface area contributed by atoms with Crippen molar-refractivity contribution < 1.29 is 9.53 Å². The molecule has 31 heavy (non-hydrogen) atoms. The molecule has 0 spiro atoms. The van der Waals surface area contributed by atoms with Crippen molar-refractivity contribution in [2.75, 3.05) is 11.1 Å². The number of ether oxygens (including phenoxy) is 1. The van der Waals surface area contributed by atoms with Gasteiger partial charge in [-0.15, -0.1) is 16.8 Å². The normalized spacial score (nSPS) is 10.7. The molecule has 1 N–H and O–H groups in total. The fraction of sp³-hybridized carbons (Fsp3) is 0.261. The molecule has 2 aromatic carbocycles. The van der Waals surface area contributed by atoms with Crippen LogP contribution in [0.25, 0.3) is 0 Å². The summed E-state index contributed by atoms with van der Waals surface area (Å²) in [5, 5.41) is 12.7. The maximum absolute atomic E-state index is 12.6. The van der Waals surface area contributed by atoms with Gasteiger partial charge in [0.05, 0.1) is 10.8 Å². The fourth-order valence-electron chi connectivity index (χ4n) is 3.06. The lowest BCUT2D eigenvalue weighted by atomic mass is 10.1. The second-order valence-electron chi connectivity index (χ2n) is 6.82. The van der Waals surface area contributed by atoms with Crippen molar-refractivity contribution in [1.29, 1.82) is 0 Å². The van der Waals surface area contributed by atoms with E-state index in [4.69, 9.17) is 16.3 Å². The summed E-state index contributed by atoms with van der Waals surface area (Å²) in [6.45, 7) is 8.59. The Hall–Kier alpha value is -2.77. The Morgan fingerprint density at radius 3 is 2.81 bits per heavy atom. The molecule has 0 aliphatic heterocycles. The molecule has 0 aliphatic rings. The summed E-state index contributed by atoms with van der Waals surface area (Å²) in [6, 6.07) is 13.3. The highest BCUT2D eigenvalue weighted by Gasteiger charge is 2.15. The Labute approximate surface area is 191 Å². The minimum Gasteiger partial charge on any atom is -0.484 e. The third-order valence-corrected chi connectivity index (χ3v) is 5.91. The quantitative estimate of drug-likeness (QED) is 0.331. The molecule has 0 unspecified atom stereocenters. The average molecular weight is 457 g/mol. The number of hydrogen-bond donors (Lipinski definition) is 1. The molecule has 1 heterocycles. The number of hydrogen-bond acceptors (Lipinski definition) is 5. The highest BCUT2D eigenvalue weighted by Crippen LogP contribution is 2.25. The molecule has 0 aliphatic carbocycles. The Morgan fingerprint density at radius 2 is 2.06 bits per heavy atom. The van der Waals surface area contributed by atoms with Crippen LogP contribution in [0.1, 0.15) is 23.9 Å². The van der Waals surface area contributed by atoms with E-state index in [9.17, 15) is 4.79 Å². The minimum absolute atomic E-state index is 0.0870. The van der Waals surface area contributed by atoms with Crippen LogP contribution in [-0.2, 0) is 24.4 Å². The molecular formula is C23H25ClN4O2S. The van der Waals surface area contributed by atoms with Crippen molar-refractivity contribution in [2.24, 2.45) is 0 Å². The Balaban J connectivity index is 1.66. The zero-order valence-electron chi connectivity index (χ0n) is 17.6. The van der Waals surface area contributed by atoms with E-state index < -0.39 is 0 Å². The maximum atomic E-state index is 12.6. The predicted octanol–water partition coefficient (Wildman–Crippen LogP) is 5.30. The van der Waals surface area contributed by atoms with E-state index in [2.05, 4.69) is 29.0 Å². The van der Waals surface area contributed by atoms with Gasteiger partial charge < -0.3 is 10.1 Å². The number of allylic oxidation sites excluding steroid dienone is 1. The third-order valence-electron chi connectivity index (χ3n) is 4.64. The Bertz CT molecular complexity index is 1070. The molecule has 0 saturated carbocycles. The second kappa shape index (κ2) is 11.0. The van der Waals surface area contributed by atoms with Gasteiger partial charge in [0.1, 0.15) is 12.4 Å². The number of carbonyl (C=O) groups excluding carboxylic acids is 1. The van der Waals surface area contributed by atoms with Crippen molar-refractivity contribution in [3.8, 4) is 5.75 Å². The van der Waals surface area contributed by atoms with Crippen LogP contribution < -0.4 is 10.1 Å². The number of para-hydroxylation sites is 2. The Kier molecular flexibility index (Phi) is 8.14. The first-order valence-electron chi connectivity index (χ1n) is 9.94. The van der Waals surface area contributed by atoms with E-state index in [1.54, 1.807) is 18.2 Å². The SMILES string of the molecule is C=CCn1c(COc2ccccc2Cl)nnc1SCC(=O)Nc1c(C)cccc1CC. The summed E-state index contributed by atoms with van der Waals surface area (Å²) in [4.78, 5) is 12.6. The Morgan fingerprint density at radius 1 is 1.26 bits per heavy atom. The van der Waals surface area contributed by atoms with E-state index in [-0.39, 0.29) is 18.3 Å². The predicted molar refractivity (Wildman–Crippen MR) is 126 cm³/mol. The van der Waals surface area contributed by atoms with Crippen molar-refractivity contribution >= 4 is 35.0 Å². The van der Waals surface area contributed by atoms with E-state index in [0.717, 1.165) is 23.2 Å². The first-order valence-corrected chi connectivity index (χ1v) is 11.3. The summed E-state index contributed by atoms with van der Waals surface area (Å²) >= 11 is 7.48. The monoisotopic (exact) mass is 456 g/mol. The summed E-state index contributed by atoms with van der Waals surface area (Å²) in [6.07, 6.45) is 2.61. The summed E-state index contributed by atoms with van der Waals surface area (Å²) in [5.41, 5.74) is 3.05. The van der Waals surface area contributed by atoms with Gasteiger partial charge in [-0.3, -0.25) is 9.36 Å². The lowest BCUT2D eigenvalue weighted by Crippen LogP contribution is -2.17. The van der Waals surface area contributed by atoms with Gasteiger partial charge in [0, 0.05) is 12.2 Å². The molecule has 3 aromatic rings. The van der Waals surface area contributed by atoms with Gasteiger partial charge in [0.15, 0.2) is 11.0 Å². The third kappa shape index (κ3) is 5.89. The zero-order chi connectivity index (χ0) is 22.2. The number of benzene rings is 2. The van der Waals surface area contributed by atoms with Crippen molar-refractivity contribution in [1.82, 2.24) is 14.8 Å². The molecule has 8 heteroatoms. The second-order valence-corrected chi connectivity index (χ2v) is 8.17. The fourth-order valence-corrected chi connectivity index (χ4v) is 4.01. The van der Waals surface area contributed by atoms with Gasteiger partial charge in [0.2, 0.25) is 5.91 Å². The molecule has 1 amide bonds. The maximum Gasteiger partial charge on any atom is 0.234 e. The van der Waals surface area contributed by atoms with Crippen molar-refractivity contribution in [3.63, 3.8) is 0 Å². The number of amides is 1. The van der Waals surface area contributed by atoms with Gasteiger partial charge in [-0.05, 0) is 36.6 Å². The number of halogens is 1. The van der Waals surface area contributed by atoms with Crippen LogP contribution in [0.15, 0.2) is 60.3 Å². The standard InChI is InChI=1S/C23H25ClN4O2S/c1-4-13-28-20(14-30-19-12-7-6-11-18(19)24)26-27-23(28)31-15-21(29)25-22-16(3)9-8-10-17(22)5-2/h4,6-12H,1,5,13-15H2,2-3H3,(H,25,29). The number of aryl methyl sites for hydroxylation is 2. The number of thioether (sulfide) groups is 1. The van der Waals surface area contributed by atoms with E-state index in [1.165, 1.54) is 11.8 Å². The van der Waals surface area contributed by atoms with Gasteiger partial charge in [-0.25, -0.2) is 0 Å². The number of nitrogens with zero attached hydrogens (tertiary/aromatic N) is 3. The van der Waals surface area contributed by atoms with Crippen LogP contribution >= 0.6 is 23.4 Å². The molecule has 3 rings (SSSR count). The first kappa shape index (κ1) is 22.9. The molecule has 0 atom stereocenters. The van der Waals surface area contributed by atoms with Crippen LogP contribution in [0, 0.1) is 6.92 Å². The van der Waals surface area contributed by atoms with Gasteiger partial charge >= 0.3 is 0 Å². The van der Waals surface area contributed by atoms with E-state index in [0.29, 0.717) is 28.3 Å². The summed E-state index contributed by atoms with van der Waals surface area (Å²) in [7, 11) is 0. The van der Waals surface area contributed by atoms with Gasteiger partial charge in [0.25, 0.3) is 0 Å². The largest absolute Gasteiger partial charge is 0.484 e. The molecular weight excluding hydrogens is 432 g/mol. The highest BCUT2D eigenvalue weighted by atomic mass is 35.5. The number of nitrogens with one attached hydrogen (secondary N) is 1. The van der Waals surface area contributed by atoms with E-state index in [1.807, 2.05) is 41.8 Å². The first-order chi connectivity index (χ1) is 15.0. The van der Waals surface area contributed by atoms with Crippen molar-refractivity contribution in [3.05, 3.63) is 77.1 Å². The molecule has 0 saturated heterocycles. The highest BCUT2D eigenvalue weighted by molar-refractivity contribution is 7.99. The van der Waals surface area contributed by atoms with Crippen LogP contribution in [0.5, 0.6) is 5.75 Å². The topological polar surface area (TPSA) is 69.0 Å². The minimum atomic E-state index is -0.0870. The van der Waals surface area contributed by atoms with Crippen LogP contribution in [0.4, 0.5) is 5.69 Å². The zero-order valence-corrected chi connectivity index (χ0v) is 19.2. The molecule has 162 valence electrons. The molecule has 1 aromatic heterocycles. The lowest BCUT2D eigenvalue weighted by Gasteiger charge is -2.13. The van der Waals surface area contributed by atoms with Crippen LogP contribution in [0.2, 0.25) is 5.02 Å². The molecule has 0 fully saturated rings. The lowest BCUT2D eigenvalue weighted by molar-refractivity contribution is -0.113. The molecule has 0 radical (unpaired) electrons. The molecule has 0 bridgehead atoms. The number of aromatic nitrogens is 3. The number of anilines is 1. The summed E-state index contributed by atoms with van der Waals surface area (Å²) in [5.74, 6) is 1.35. The molecule has 6 nitrogen and oxygen atoms in total. The summed E-state index contributed by atoms with van der Waals surface area (Å²) < 4.78 is 7.67. The van der Waals surface area contributed by atoms with Gasteiger partial charge in [-0.1, -0.05) is 66.7 Å². The number of carbonyl (C=O) groups is 1.